The van der Waals surface area contributed by atoms with Crippen LogP contribution in [0.25, 0.3) is 77.3 Å². The van der Waals surface area contributed by atoms with Crippen molar-refractivity contribution in [1.29, 1.82) is 0 Å². The maximum atomic E-state index is 5.34. The van der Waals surface area contributed by atoms with E-state index in [2.05, 4.69) is 211 Å². The summed E-state index contributed by atoms with van der Waals surface area (Å²) in [5, 5.41) is 5.84. The number of nitrogens with zero attached hydrogens (tertiary/aromatic N) is 3. The minimum absolute atomic E-state index is 0.923. The molecule has 3 heteroatoms. The summed E-state index contributed by atoms with van der Waals surface area (Å²) < 4.78 is 0. The first-order valence-corrected chi connectivity index (χ1v) is 18.7. The second-order valence-electron chi connectivity index (χ2n) is 13.8. The molecular formula is C52H35N3. The highest BCUT2D eigenvalue weighted by molar-refractivity contribution is 6.22. The fraction of sp³-hybridized carbons (Fsp3) is 0. The van der Waals surface area contributed by atoms with Crippen molar-refractivity contribution in [2.45, 2.75) is 0 Å². The quantitative estimate of drug-likeness (QED) is 0.155. The van der Waals surface area contributed by atoms with Gasteiger partial charge in [0.1, 0.15) is 0 Å². The molecule has 0 saturated heterocycles. The molecule has 2 aromatic heterocycles. The second kappa shape index (κ2) is 13.9. The average Bonchev–Trinajstić information content (AvgIpc) is 3.27. The van der Waals surface area contributed by atoms with Crippen LogP contribution >= 0.6 is 0 Å². The first-order chi connectivity index (χ1) is 27.3. The molecule has 0 bridgehead atoms. The van der Waals surface area contributed by atoms with Crippen LogP contribution in [0.1, 0.15) is 0 Å². The molecule has 0 saturated carbocycles. The smallest absolute Gasteiger partial charge is 0.0788 e. The van der Waals surface area contributed by atoms with Gasteiger partial charge in [-0.25, -0.2) is 9.97 Å². The monoisotopic (exact) mass is 701 g/mol. The fourth-order valence-corrected chi connectivity index (χ4v) is 7.79. The van der Waals surface area contributed by atoms with Crippen LogP contribution in [-0.4, -0.2) is 9.97 Å². The molecule has 0 aliphatic heterocycles. The third-order valence-electron chi connectivity index (χ3n) is 10.4. The van der Waals surface area contributed by atoms with E-state index in [0.717, 1.165) is 78.3 Å². The van der Waals surface area contributed by atoms with E-state index in [0.29, 0.717) is 0 Å². The van der Waals surface area contributed by atoms with Crippen LogP contribution in [0, 0.1) is 0 Å². The zero-order valence-electron chi connectivity index (χ0n) is 30.0. The molecule has 3 nitrogen and oxygen atoms in total. The number of anilines is 3. The number of para-hydroxylation sites is 3. The summed E-state index contributed by atoms with van der Waals surface area (Å²) in [6, 6.07) is 75.0. The van der Waals surface area contributed by atoms with Crippen LogP contribution in [-0.2, 0) is 0 Å². The van der Waals surface area contributed by atoms with E-state index in [4.69, 9.17) is 9.97 Å². The third-order valence-corrected chi connectivity index (χ3v) is 10.4. The van der Waals surface area contributed by atoms with Crippen LogP contribution in [0.5, 0.6) is 0 Å². The number of rotatable bonds is 7. The Morgan fingerprint density at radius 3 is 1.58 bits per heavy atom. The van der Waals surface area contributed by atoms with E-state index in [9.17, 15) is 0 Å². The molecule has 0 aliphatic rings. The molecule has 0 radical (unpaired) electrons. The number of hydrogen-bond acceptors (Lipinski definition) is 3. The maximum Gasteiger partial charge on any atom is 0.0788 e. The molecule has 0 atom stereocenters. The lowest BCUT2D eigenvalue weighted by Gasteiger charge is -2.26. The van der Waals surface area contributed by atoms with Crippen LogP contribution in [0.4, 0.5) is 17.1 Å². The van der Waals surface area contributed by atoms with Gasteiger partial charge in [-0.05, 0) is 82.6 Å². The van der Waals surface area contributed by atoms with Gasteiger partial charge < -0.3 is 4.90 Å². The van der Waals surface area contributed by atoms with Gasteiger partial charge in [-0.15, -0.1) is 0 Å². The zero-order valence-corrected chi connectivity index (χ0v) is 30.0. The van der Waals surface area contributed by atoms with Gasteiger partial charge in [0.25, 0.3) is 0 Å². The van der Waals surface area contributed by atoms with Crippen LogP contribution in [0.3, 0.4) is 0 Å². The molecule has 258 valence electrons. The van der Waals surface area contributed by atoms with E-state index < -0.39 is 0 Å². The normalized spacial score (nSPS) is 11.3. The highest BCUT2D eigenvalue weighted by Gasteiger charge is 2.17. The Hall–Kier alpha value is -7.36. The van der Waals surface area contributed by atoms with Gasteiger partial charge in [0.2, 0.25) is 0 Å². The van der Waals surface area contributed by atoms with E-state index in [1.807, 2.05) is 6.07 Å². The average molecular weight is 702 g/mol. The highest BCUT2D eigenvalue weighted by atomic mass is 15.1. The Kier molecular flexibility index (Phi) is 8.16. The third kappa shape index (κ3) is 6.08. The molecule has 55 heavy (non-hydrogen) atoms. The second-order valence-corrected chi connectivity index (χ2v) is 13.8. The minimum Gasteiger partial charge on any atom is -0.310 e. The Morgan fingerprint density at radius 1 is 0.309 bits per heavy atom. The van der Waals surface area contributed by atoms with E-state index >= 15 is 0 Å². The van der Waals surface area contributed by atoms with Crippen molar-refractivity contribution in [3.63, 3.8) is 0 Å². The summed E-state index contributed by atoms with van der Waals surface area (Å²) in [4.78, 5) is 12.9. The lowest BCUT2D eigenvalue weighted by atomic mass is 9.94. The van der Waals surface area contributed by atoms with Crippen molar-refractivity contribution in [2.75, 3.05) is 4.90 Å². The van der Waals surface area contributed by atoms with Crippen molar-refractivity contribution in [2.24, 2.45) is 0 Å². The molecule has 0 N–H and O–H groups in total. The van der Waals surface area contributed by atoms with Gasteiger partial charge in [0.15, 0.2) is 0 Å². The largest absolute Gasteiger partial charge is 0.310 e. The van der Waals surface area contributed by atoms with Crippen LogP contribution < -0.4 is 4.90 Å². The van der Waals surface area contributed by atoms with Crippen molar-refractivity contribution in [3.05, 3.63) is 212 Å². The van der Waals surface area contributed by atoms with Gasteiger partial charge in [-0.2, -0.15) is 0 Å². The Balaban J connectivity index is 1.14. The molecule has 2 heterocycles. The molecule has 10 aromatic rings. The van der Waals surface area contributed by atoms with Gasteiger partial charge in [0, 0.05) is 49.9 Å². The summed E-state index contributed by atoms with van der Waals surface area (Å²) in [7, 11) is 0. The van der Waals surface area contributed by atoms with Crippen molar-refractivity contribution in [3.8, 4) is 44.9 Å². The van der Waals surface area contributed by atoms with Gasteiger partial charge in [0.05, 0.1) is 22.6 Å². The van der Waals surface area contributed by atoms with Crippen molar-refractivity contribution >= 4 is 49.5 Å². The predicted molar refractivity (Wildman–Crippen MR) is 231 cm³/mol. The van der Waals surface area contributed by atoms with Crippen molar-refractivity contribution in [1.82, 2.24) is 9.97 Å². The molecule has 10 rings (SSSR count). The standard InChI is InChI=1S/C52H35N3/c1-5-16-36(17-6-1)41-34-49(37-18-7-2-8-19-37)53-50(35-41)39-20-15-21-40(32-39)52-47-30-28-38-33-44(29-31-45(38)51(47)46-26-13-14-27-48(46)54-52)55(42-22-9-3-10-23-42)43-24-11-4-12-25-43/h1-35H. The number of fused-ring (bicyclic) bond motifs is 5. The highest BCUT2D eigenvalue weighted by Crippen LogP contribution is 2.41. The summed E-state index contributed by atoms with van der Waals surface area (Å²) in [5.74, 6) is 0. The molecule has 0 aliphatic carbocycles. The van der Waals surface area contributed by atoms with Crippen molar-refractivity contribution < 1.29 is 0 Å². The maximum absolute atomic E-state index is 5.34. The van der Waals surface area contributed by atoms with Gasteiger partial charge in [-0.3, -0.25) is 0 Å². The van der Waals surface area contributed by atoms with E-state index in [-0.39, 0.29) is 0 Å². The molecule has 0 amide bonds. The lowest BCUT2D eigenvalue weighted by molar-refractivity contribution is 1.29. The van der Waals surface area contributed by atoms with Gasteiger partial charge >= 0.3 is 0 Å². The predicted octanol–water partition coefficient (Wildman–Crippen LogP) is 14.1. The summed E-state index contributed by atoms with van der Waals surface area (Å²) in [6.45, 7) is 0. The number of pyridine rings is 2. The summed E-state index contributed by atoms with van der Waals surface area (Å²) in [6.07, 6.45) is 0. The van der Waals surface area contributed by atoms with E-state index in [1.165, 1.54) is 16.2 Å². The lowest BCUT2D eigenvalue weighted by Crippen LogP contribution is -2.09. The minimum atomic E-state index is 0.923. The summed E-state index contributed by atoms with van der Waals surface area (Å²) >= 11 is 0. The molecule has 0 unspecified atom stereocenters. The number of hydrogen-bond donors (Lipinski definition) is 0. The van der Waals surface area contributed by atoms with Gasteiger partial charge in [-0.1, -0.05) is 152 Å². The fourth-order valence-electron chi connectivity index (χ4n) is 7.79. The summed E-state index contributed by atoms with van der Waals surface area (Å²) in [5.41, 5.74) is 12.6. The Bertz CT molecular complexity index is 2860. The van der Waals surface area contributed by atoms with Crippen LogP contribution in [0.15, 0.2) is 212 Å². The molecular weight excluding hydrogens is 667 g/mol. The Labute approximate surface area is 320 Å². The van der Waals surface area contributed by atoms with E-state index in [1.54, 1.807) is 0 Å². The first-order valence-electron chi connectivity index (χ1n) is 18.7. The molecule has 0 fully saturated rings. The number of aromatic nitrogens is 2. The first kappa shape index (κ1) is 32.3. The number of benzene rings is 8. The zero-order chi connectivity index (χ0) is 36.6. The Morgan fingerprint density at radius 2 is 0.873 bits per heavy atom. The molecule has 0 spiro atoms. The topological polar surface area (TPSA) is 29.0 Å². The SMILES string of the molecule is c1ccc(-c2cc(-c3ccccc3)nc(-c3cccc(-c4nc5ccccc5c5c4ccc4cc(N(c6ccccc6)c6ccccc6)ccc45)c3)c2)cc1. The van der Waals surface area contributed by atoms with Crippen LogP contribution in [0.2, 0.25) is 0 Å². The molecule has 8 aromatic carbocycles.